The molecular formula is C42H65N3O9Si. The van der Waals surface area contributed by atoms with Gasteiger partial charge in [-0.1, -0.05) is 62.1 Å². The molecule has 2 aromatic carbocycles. The van der Waals surface area contributed by atoms with E-state index >= 15 is 0 Å². The molecule has 4 atom stereocenters. The fourth-order valence-corrected chi connectivity index (χ4v) is 7.88. The van der Waals surface area contributed by atoms with Crippen molar-refractivity contribution in [2.24, 2.45) is 0 Å². The molecule has 1 N–H and O–H groups in total. The van der Waals surface area contributed by atoms with Crippen LogP contribution >= 0.6 is 0 Å². The van der Waals surface area contributed by atoms with Crippen LogP contribution in [0.3, 0.4) is 0 Å². The summed E-state index contributed by atoms with van der Waals surface area (Å²) in [7, 11) is -1.54. The standard InChI is InChI=1S/C42H65N3O9Si/c1-39(2,3)53-37(48)44-32(25-29-17-15-14-16-18-29)34(51-41(44,7)8)27-43(36(47)50-23-24-55(11,12)13)28-35-33(26-30-19-21-31(46)22-20-30)45(42(9,10)52-35)38(49)54-40(4,5)6/h14-22,32-35,46H,23-28H2,1-13H3/t32-,33-,34+,35+/m0/s1. The highest BCUT2D eigenvalue weighted by Gasteiger charge is 2.54. The van der Waals surface area contributed by atoms with Crippen molar-refractivity contribution in [1.29, 1.82) is 0 Å². The van der Waals surface area contributed by atoms with Crippen LogP contribution in [0.15, 0.2) is 54.6 Å². The van der Waals surface area contributed by atoms with Gasteiger partial charge in [-0.05, 0) is 111 Å². The van der Waals surface area contributed by atoms with Gasteiger partial charge in [-0.3, -0.25) is 9.80 Å². The van der Waals surface area contributed by atoms with E-state index < -0.39 is 73.3 Å². The molecule has 2 aromatic rings. The minimum Gasteiger partial charge on any atom is -0.508 e. The molecule has 0 aromatic heterocycles. The Labute approximate surface area is 329 Å². The molecule has 4 rings (SSSR count). The molecule has 0 spiro atoms. The Kier molecular flexibility index (Phi) is 13.4. The summed E-state index contributed by atoms with van der Waals surface area (Å²) in [4.78, 5) is 46.9. The molecule has 0 radical (unpaired) electrons. The number of benzene rings is 2. The number of amides is 3. The molecule has 12 nitrogen and oxygen atoms in total. The van der Waals surface area contributed by atoms with E-state index in [0.717, 1.165) is 17.2 Å². The summed E-state index contributed by atoms with van der Waals surface area (Å²) in [6.07, 6.45) is -2.08. The van der Waals surface area contributed by atoms with Crippen molar-refractivity contribution >= 4 is 26.4 Å². The summed E-state index contributed by atoms with van der Waals surface area (Å²) < 4.78 is 31.2. The number of hydrogen-bond acceptors (Lipinski definition) is 9. The van der Waals surface area contributed by atoms with Gasteiger partial charge in [0, 0.05) is 8.07 Å². The zero-order valence-electron chi connectivity index (χ0n) is 35.3. The van der Waals surface area contributed by atoms with E-state index in [1.165, 1.54) is 0 Å². The first-order chi connectivity index (χ1) is 25.2. The van der Waals surface area contributed by atoms with Crippen LogP contribution < -0.4 is 0 Å². The summed E-state index contributed by atoms with van der Waals surface area (Å²) in [5.74, 6) is 0.129. The Bertz CT molecular complexity index is 1610. The molecule has 3 amide bonds. The lowest BCUT2D eigenvalue weighted by Crippen LogP contribution is -2.53. The van der Waals surface area contributed by atoms with Gasteiger partial charge in [-0.25, -0.2) is 14.4 Å². The summed E-state index contributed by atoms with van der Waals surface area (Å²) in [6, 6.07) is 16.4. The number of rotatable bonds is 11. The van der Waals surface area contributed by atoms with Crippen LogP contribution in [0.2, 0.25) is 25.7 Å². The number of carbonyl (C=O) groups is 3. The SMILES string of the molecule is CC(C)(C)OC(=O)N1[C@@H](Cc2ccccc2)[C@@H](CN(C[C@H]2OC(C)(C)N(C(=O)OC(C)(C)C)[C@H]2Cc2ccc(O)cc2)C(=O)OCC[Si](C)(C)C)OC1(C)C. The molecule has 2 saturated heterocycles. The molecule has 2 aliphatic heterocycles. The molecule has 0 unspecified atom stereocenters. The third-order valence-corrected chi connectivity index (χ3v) is 11.3. The number of hydrogen-bond donors (Lipinski definition) is 1. The van der Waals surface area contributed by atoms with Crippen LogP contribution in [-0.2, 0) is 36.5 Å². The van der Waals surface area contributed by atoms with Crippen molar-refractivity contribution in [2.75, 3.05) is 19.7 Å². The first kappa shape index (κ1) is 43.9. The second-order valence-electron chi connectivity index (χ2n) is 18.9. The normalized spacial score (nSPS) is 22.3. The van der Waals surface area contributed by atoms with E-state index in [1.807, 2.05) is 99.6 Å². The molecule has 13 heteroatoms. The van der Waals surface area contributed by atoms with Crippen LogP contribution in [-0.4, -0.2) is 113 Å². The van der Waals surface area contributed by atoms with E-state index in [1.54, 1.807) is 39.0 Å². The fraction of sp³-hybridized carbons (Fsp3) is 0.643. The Morgan fingerprint density at radius 1 is 0.727 bits per heavy atom. The smallest absolute Gasteiger partial charge is 0.412 e. The van der Waals surface area contributed by atoms with Gasteiger partial charge in [0.2, 0.25) is 0 Å². The average molecular weight is 784 g/mol. The van der Waals surface area contributed by atoms with Crippen LogP contribution in [0.1, 0.15) is 80.4 Å². The lowest BCUT2D eigenvalue weighted by Gasteiger charge is -2.35. The Hall–Kier alpha value is -3.81. The summed E-state index contributed by atoms with van der Waals surface area (Å²) >= 11 is 0. The minimum atomic E-state index is -1.54. The van der Waals surface area contributed by atoms with Crippen molar-refractivity contribution in [2.45, 2.75) is 155 Å². The third kappa shape index (κ3) is 12.3. The second kappa shape index (κ2) is 16.7. The zero-order valence-corrected chi connectivity index (χ0v) is 36.3. The summed E-state index contributed by atoms with van der Waals surface area (Å²) in [6.45, 7) is 25.3. The molecule has 0 bridgehead atoms. The lowest BCUT2D eigenvalue weighted by molar-refractivity contribution is -0.0905. The molecule has 55 heavy (non-hydrogen) atoms. The second-order valence-corrected chi connectivity index (χ2v) is 24.6. The molecule has 2 fully saturated rings. The van der Waals surface area contributed by atoms with Gasteiger partial charge in [0.1, 0.15) is 28.4 Å². The van der Waals surface area contributed by atoms with Gasteiger partial charge in [0.15, 0.2) is 0 Å². The monoisotopic (exact) mass is 783 g/mol. The van der Waals surface area contributed by atoms with Crippen LogP contribution in [0.4, 0.5) is 14.4 Å². The first-order valence-corrected chi connectivity index (χ1v) is 23.1. The zero-order chi connectivity index (χ0) is 41.1. The van der Waals surface area contributed by atoms with Gasteiger partial charge in [0.05, 0.1) is 44.0 Å². The average Bonchev–Trinajstić information content (AvgIpc) is 3.42. The maximum atomic E-state index is 14.3. The number of phenolic OH excluding ortho intramolecular Hbond substituents is 1. The third-order valence-electron chi connectivity index (χ3n) is 9.55. The number of aromatic hydroxyl groups is 1. The Balaban J connectivity index is 1.74. The largest absolute Gasteiger partial charge is 0.508 e. The fourth-order valence-electron chi connectivity index (χ4n) is 7.16. The van der Waals surface area contributed by atoms with Crippen molar-refractivity contribution in [1.82, 2.24) is 14.7 Å². The van der Waals surface area contributed by atoms with Crippen LogP contribution in [0.5, 0.6) is 5.75 Å². The van der Waals surface area contributed by atoms with E-state index in [9.17, 15) is 19.5 Å². The lowest BCUT2D eigenvalue weighted by atomic mass is 9.98. The van der Waals surface area contributed by atoms with E-state index in [2.05, 4.69) is 19.6 Å². The molecule has 2 heterocycles. The summed E-state index contributed by atoms with van der Waals surface area (Å²) in [5.41, 5.74) is -1.81. The quantitative estimate of drug-likeness (QED) is 0.177. The van der Waals surface area contributed by atoms with Crippen LogP contribution in [0, 0.1) is 0 Å². The maximum absolute atomic E-state index is 14.3. The van der Waals surface area contributed by atoms with E-state index in [-0.39, 0.29) is 25.4 Å². The van der Waals surface area contributed by atoms with Gasteiger partial charge in [-0.2, -0.15) is 0 Å². The Morgan fingerprint density at radius 2 is 1.15 bits per heavy atom. The van der Waals surface area contributed by atoms with Crippen LogP contribution in [0.25, 0.3) is 0 Å². The highest BCUT2D eigenvalue weighted by molar-refractivity contribution is 6.76. The number of nitrogens with zero attached hydrogens (tertiary/aromatic N) is 3. The maximum Gasteiger partial charge on any atom is 0.412 e. The van der Waals surface area contributed by atoms with E-state index in [0.29, 0.717) is 12.8 Å². The number of ether oxygens (including phenoxy) is 5. The van der Waals surface area contributed by atoms with Crippen molar-refractivity contribution in [3.05, 3.63) is 65.7 Å². The Morgan fingerprint density at radius 3 is 1.55 bits per heavy atom. The highest BCUT2D eigenvalue weighted by Crippen LogP contribution is 2.39. The van der Waals surface area contributed by atoms with Gasteiger partial charge >= 0.3 is 18.3 Å². The molecule has 0 saturated carbocycles. The summed E-state index contributed by atoms with van der Waals surface area (Å²) in [5, 5.41) is 10.0. The van der Waals surface area contributed by atoms with Crippen molar-refractivity contribution in [3.63, 3.8) is 0 Å². The highest BCUT2D eigenvalue weighted by atomic mass is 28.3. The molecule has 2 aliphatic rings. The van der Waals surface area contributed by atoms with E-state index in [4.69, 9.17) is 23.7 Å². The first-order valence-electron chi connectivity index (χ1n) is 19.4. The van der Waals surface area contributed by atoms with Gasteiger partial charge in [-0.15, -0.1) is 0 Å². The number of phenols is 1. The van der Waals surface area contributed by atoms with Gasteiger partial charge < -0.3 is 33.7 Å². The van der Waals surface area contributed by atoms with Crippen molar-refractivity contribution < 1.29 is 43.2 Å². The van der Waals surface area contributed by atoms with Gasteiger partial charge in [0.25, 0.3) is 0 Å². The molecule has 0 aliphatic carbocycles. The predicted molar refractivity (Wildman–Crippen MR) is 215 cm³/mol. The predicted octanol–water partition coefficient (Wildman–Crippen LogP) is 8.44. The topological polar surface area (TPSA) is 127 Å². The minimum absolute atomic E-state index is 0.0576. The molecule has 306 valence electrons. The van der Waals surface area contributed by atoms with Crippen molar-refractivity contribution in [3.8, 4) is 5.75 Å². The molecular weight excluding hydrogens is 719 g/mol. The number of carbonyl (C=O) groups excluding carboxylic acids is 3.